The quantitative estimate of drug-likeness (QED) is 0.710. The van der Waals surface area contributed by atoms with Crippen molar-refractivity contribution in [1.29, 1.82) is 0 Å². The molecule has 0 aromatic rings. The van der Waals surface area contributed by atoms with E-state index in [-0.39, 0.29) is 19.2 Å². The van der Waals surface area contributed by atoms with Crippen LogP contribution >= 0.6 is 0 Å². The zero-order valence-electron chi connectivity index (χ0n) is 10.2. The third kappa shape index (κ3) is 3.19. The molecular weight excluding hydrogens is 240 g/mol. The van der Waals surface area contributed by atoms with Crippen LogP contribution in [0.5, 0.6) is 0 Å². The van der Waals surface area contributed by atoms with Gasteiger partial charge in [0.05, 0.1) is 13.2 Å². The Hall–Kier alpha value is -0.610. The minimum Gasteiger partial charge on any atom is -0.395 e. The van der Waals surface area contributed by atoms with E-state index in [1.165, 1.54) is 8.61 Å². The Morgan fingerprint density at radius 1 is 1.53 bits per heavy atom. The van der Waals surface area contributed by atoms with Crippen molar-refractivity contribution >= 4 is 10.2 Å². The lowest BCUT2D eigenvalue weighted by Gasteiger charge is -2.36. The Kier molecular flexibility index (Phi) is 5.40. The predicted molar refractivity (Wildman–Crippen MR) is 66.4 cm³/mol. The first kappa shape index (κ1) is 14.5. The monoisotopic (exact) mass is 260 g/mol. The fourth-order valence-electron chi connectivity index (χ4n) is 2.07. The second kappa shape index (κ2) is 6.36. The van der Waals surface area contributed by atoms with Crippen LogP contribution in [0.3, 0.4) is 0 Å². The third-order valence-corrected chi connectivity index (χ3v) is 5.14. The Morgan fingerprint density at radius 2 is 2.24 bits per heavy atom. The Morgan fingerprint density at radius 3 is 2.76 bits per heavy atom. The molecule has 1 atom stereocenters. The van der Waals surface area contributed by atoms with E-state index >= 15 is 0 Å². The van der Waals surface area contributed by atoms with Crippen molar-refractivity contribution in [3.63, 3.8) is 0 Å². The number of piperidine rings is 1. The van der Waals surface area contributed by atoms with Gasteiger partial charge in [-0.05, 0) is 12.8 Å². The van der Waals surface area contributed by atoms with E-state index in [9.17, 15) is 13.5 Å². The predicted octanol–water partition coefficient (Wildman–Crippen LogP) is 0.0331. The molecule has 1 heterocycles. The van der Waals surface area contributed by atoms with Crippen molar-refractivity contribution in [2.24, 2.45) is 0 Å². The van der Waals surface area contributed by atoms with E-state index in [4.69, 9.17) is 6.42 Å². The summed E-state index contributed by atoms with van der Waals surface area (Å²) in [5, 5.41) is 9.24. The highest BCUT2D eigenvalue weighted by molar-refractivity contribution is 7.86. The molecule has 0 bridgehead atoms. The van der Waals surface area contributed by atoms with Crippen LogP contribution in [0.4, 0.5) is 0 Å². The molecule has 6 heteroatoms. The molecule has 1 unspecified atom stereocenters. The van der Waals surface area contributed by atoms with Gasteiger partial charge >= 0.3 is 0 Å². The third-order valence-electron chi connectivity index (χ3n) is 3.03. The number of hydrogen-bond acceptors (Lipinski definition) is 3. The van der Waals surface area contributed by atoms with Gasteiger partial charge in [-0.15, -0.1) is 6.42 Å². The van der Waals surface area contributed by atoms with Crippen LogP contribution < -0.4 is 0 Å². The molecule has 0 aromatic heterocycles. The number of hydrogen-bond donors (Lipinski definition) is 1. The number of aliphatic hydroxyl groups is 1. The molecule has 5 nitrogen and oxygen atoms in total. The number of nitrogens with zero attached hydrogens (tertiary/aromatic N) is 2. The molecule has 1 aliphatic rings. The van der Waals surface area contributed by atoms with Crippen LogP contribution in [0.2, 0.25) is 0 Å². The summed E-state index contributed by atoms with van der Waals surface area (Å²) in [6.45, 7) is 2.52. The molecular formula is C11H20N2O3S. The maximum atomic E-state index is 12.3. The molecule has 98 valence electrons. The number of terminal acetylenes is 1. The molecule has 17 heavy (non-hydrogen) atoms. The van der Waals surface area contributed by atoms with Gasteiger partial charge in [0.1, 0.15) is 0 Å². The van der Waals surface area contributed by atoms with Gasteiger partial charge in [-0.2, -0.15) is 17.0 Å². The zero-order chi connectivity index (χ0) is 12.9. The average molecular weight is 260 g/mol. The van der Waals surface area contributed by atoms with Crippen LogP contribution in [-0.2, 0) is 10.2 Å². The summed E-state index contributed by atoms with van der Waals surface area (Å²) in [7, 11) is -3.53. The largest absolute Gasteiger partial charge is 0.395 e. The van der Waals surface area contributed by atoms with E-state index in [0.717, 1.165) is 12.8 Å². The standard InChI is InChI=1S/C11H20N2O3S/c1-3-8-12(4-2)17(15,16)13-9-6-5-7-11(13)10-14/h1,11,14H,4-10H2,2H3. The zero-order valence-corrected chi connectivity index (χ0v) is 11.0. The van der Waals surface area contributed by atoms with Crippen LogP contribution in [-0.4, -0.2) is 54.4 Å². The smallest absolute Gasteiger partial charge is 0.283 e. The van der Waals surface area contributed by atoms with Gasteiger partial charge in [-0.1, -0.05) is 19.3 Å². The molecule has 0 aliphatic carbocycles. The van der Waals surface area contributed by atoms with Gasteiger partial charge in [-0.3, -0.25) is 0 Å². The second-order valence-electron chi connectivity index (χ2n) is 4.08. The lowest BCUT2D eigenvalue weighted by Crippen LogP contribution is -2.51. The van der Waals surface area contributed by atoms with Gasteiger partial charge in [0.15, 0.2) is 0 Å². The highest BCUT2D eigenvalue weighted by Gasteiger charge is 2.35. The van der Waals surface area contributed by atoms with E-state index < -0.39 is 10.2 Å². The van der Waals surface area contributed by atoms with Crippen molar-refractivity contribution in [1.82, 2.24) is 8.61 Å². The maximum Gasteiger partial charge on any atom is 0.283 e. The van der Waals surface area contributed by atoms with Crippen LogP contribution in [0.1, 0.15) is 26.2 Å². The lowest BCUT2D eigenvalue weighted by atomic mass is 10.1. The lowest BCUT2D eigenvalue weighted by molar-refractivity contribution is 0.148. The Bertz CT molecular complexity index is 375. The molecule has 0 saturated carbocycles. The van der Waals surface area contributed by atoms with Crippen LogP contribution in [0, 0.1) is 12.3 Å². The van der Waals surface area contributed by atoms with Gasteiger partial charge in [0.2, 0.25) is 0 Å². The second-order valence-corrected chi connectivity index (χ2v) is 5.96. The molecule has 0 radical (unpaired) electrons. The van der Waals surface area contributed by atoms with Crippen molar-refractivity contribution < 1.29 is 13.5 Å². The van der Waals surface area contributed by atoms with Crippen molar-refractivity contribution in [2.45, 2.75) is 32.2 Å². The van der Waals surface area contributed by atoms with E-state index in [0.29, 0.717) is 19.5 Å². The topological polar surface area (TPSA) is 60.9 Å². The van der Waals surface area contributed by atoms with Gasteiger partial charge in [0, 0.05) is 19.1 Å². The first-order valence-corrected chi connectivity index (χ1v) is 7.28. The Labute approximate surface area is 104 Å². The summed E-state index contributed by atoms with van der Waals surface area (Å²) in [6, 6.07) is -0.305. The normalized spacial score (nSPS) is 22.6. The molecule has 0 aromatic carbocycles. The highest BCUT2D eigenvalue weighted by atomic mass is 32.2. The first-order valence-electron chi connectivity index (χ1n) is 5.89. The minimum absolute atomic E-state index is 0.0769. The summed E-state index contributed by atoms with van der Waals surface area (Å²) in [4.78, 5) is 0. The van der Waals surface area contributed by atoms with Crippen molar-refractivity contribution in [3.8, 4) is 12.3 Å². The van der Waals surface area contributed by atoms with Crippen molar-refractivity contribution in [3.05, 3.63) is 0 Å². The summed E-state index contributed by atoms with van der Waals surface area (Å²) >= 11 is 0. The van der Waals surface area contributed by atoms with Gasteiger partial charge in [0.25, 0.3) is 10.2 Å². The first-order chi connectivity index (χ1) is 8.07. The molecule has 1 saturated heterocycles. The maximum absolute atomic E-state index is 12.3. The number of aliphatic hydroxyl groups excluding tert-OH is 1. The summed E-state index contributed by atoms with van der Waals surface area (Å²) < 4.78 is 27.3. The average Bonchev–Trinajstić information content (AvgIpc) is 2.35. The summed E-state index contributed by atoms with van der Waals surface area (Å²) in [5.41, 5.74) is 0. The van der Waals surface area contributed by atoms with Gasteiger partial charge in [-0.25, -0.2) is 0 Å². The SMILES string of the molecule is C#CCN(CC)S(=O)(=O)N1CCCCC1CO. The summed E-state index contributed by atoms with van der Waals surface area (Å²) in [6.07, 6.45) is 7.68. The molecule has 1 rings (SSSR count). The molecule has 1 aliphatic heterocycles. The molecule has 1 fully saturated rings. The highest BCUT2D eigenvalue weighted by Crippen LogP contribution is 2.22. The van der Waals surface area contributed by atoms with E-state index in [1.807, 2.05) is 0 Å². The fraction of sp³-hybridized carbons (Fsp3) is 0.818. The van der Waals surface area contributed by atoms with Crippen LogP contribution in [0.15, 0.2) is 0 Å². The molecule has 0 amide bonds. The molecule has 0 spiro atoms. The number of rotatable bonds is 5. The van der Waals surface area contributed by atoms with Gasteiger partial charge < -0.3 is 5.11 Å². The summed E-state index contributed by atoms with van der Waals surface area (Å²) in [5.74, 6) is 2.35. The van der Waals surface area contributed by atoms with Crippen LogP contribution in [0.25, 0.3) is 0 Å². The van der Waals surface area contributed by atoms with E-state index in [1.54, 1.807) is 6.92 Å². The molecule has 1 N–H and O–H groups in total. The minimum atomic E-state index is -3.53. The van der Waals surface area contributed by atoms with E-state index in [2.05, 4.69) is 5.92 Å². The fourth-order valence-corrected chi connectivity index (χ4v) is 3.84. The Balaban J connectivity index is 2.90. The van der Waals surface area contributed by atoms with Crippen molar-refractivity contribution in [2.75, 3.05) is 26.2 Å².